The number of sulfonamides is 1. The van der Waals surface area contributed by atoms with Gasteiger partial charge in [-0.3, -0.25) is 4.79 Å². The number of amides is 1. The molecule has 0 spiro atoms. The zero-order valence-corrected chi connectivity index (χ0v) is 13.9. The van der Waals surface area contributed by atoms with Gasteiger partial charge in [0.2, 0.25) is 15.9 Å². The Morgan fingerprint density at radius 2 is 1.95 bits per heavy atom. The van der Waals surface area contributed by atoms with Crippen molar-refractivity contribution in [1.29, 1.82) is 0 Å². The van der Waals surface area contributed by atoms with Gasteiger partial charge >= 0.3 is 0 Å². The zero-order valence-electron chi connectivity index (χ0n) is 12.2. The van der Waals surface area contributed by atoms with Gasteiger partial charge in [-0.15, -0.1) is 12.4 Å². The van der Waals surface area contributed by atoms with Gasteiger partial charge in [0.25, 0.3) is 0 Å². The summed E-state index contributed by atoms with van der Waals surface area (Å²) in [4.78, 5) is 11.9. The van der Waals surface area contributed by atoms with Crippen LogP contribution in [0.15, 0.2) is 0 Å². The minimum atomic E-state index is -3.11. The van der Waals surface area contributed by atoms with Crippen LogP contribution in [0.25, 0.3) is 0 Å². The van der Waals surface area contributed by atoms with Gasteiger partial charge in [-0.2, -0.15) is 0 Å². The first-order valence-corrected chi connectivity index (χ1v) is 8.49. The van der Waals surface area contributed by atoms with Gasteiger partial charge in [0, 0.05) is 26.1 Å². The van der Waals surface area contributed by atoms with E-state index in [2.05, 4.69) is 5.32 Å². The van der Waals surface area contributed by atoms with Gasteiger partial charge in [-0.25, -0.2) is 12.7 Å². The summed E-state index contributed by atoms with van der Waals surface area (Å²) >= 11 is 0. The van der Waals surface area contributed by atoms with Crippen molar-refractivity contribution in [3.8, 4) is 0 Å². The van der Waals surface area contributed by atoms with Crippen molar-refractivity contribution < 1.29 is 13.2 Å². The van der Waals surface area contributed by atoms with E-state index in [0.717, 1.165) is 12.8 Å². The Morgan fingerprint density at radius 3 is 2.35 bits per heavy atom. The summed E-state index contributed by atoms with van der Waals surface area (Å²) < 4.78 is 24.6. The zero-order chi connectivity index (χ0) is 14.5. The van der Waals surface area contributed by atoms with Crippen LogP contribution in [0.4, 0.5) is 0 Å². The van der Waals surface area contributed by atoms with Crippen LogP contribution in [0.2, 0.25) is 0 Å². The lowest BCUT2D eigenvalue weighted by Crippen LogP contribution is -2.53. The lowest BCUT2D eigenvalue weighted by molar-refractivity contribution is -0.123. The second kappa shape index (κ2) is 8.17. The molecule has 120 valence electrons. The third-order valence-corrected chi connectivity index (χ3v) is 5.90. The molecule has 1 saturated heterocycles. The summed E-state index contributed by atoms with van der Waals surface area (Å²) in [6.45, 7) is 5.17. The molecule has 0 saturated carbocycles. The molecule has 1 fully saturated rings. The number of hydrogen-bond acceptors (Lipinski definition) is 4. The molecule has 0 aromatic carbocycles. The second-order valence-electron chi connectivity index (χ2n) is 5.06. The predicted octanol–water partition coefficient (Wildman–Crippen LogP) is 0.468. The monoisotopic (exact) mass is 327 g/mol. The van der Waals surface area contributed by atoms with Gasteiger partial charge in [0.05, 0.1) is 11.3 Å². The van der Waals surface area contributed by atoms with Crippen molar-refractivity contribution >= 4 is 28.3 Å². The Bertz CT molecular complexity index is 402. The number of hydrogen-bond donors (Lipinski definition) is 2. The standard InChI is InChI=1S/C12H25N3O3S.ClH/c1-3-12(4-2,10-13)14-11(16)6-8-15-7-5-9-19(15,17)18;/h3-10,13H2,1-2H3,(H,14,16);1H. The molecule has 0 aromatic rings. The molecule has 0 bridgehead atoms. The average molecular weight is 328 g/mol. The molecule has 0 aromatic heterocycles. The molecule has 1 amide bonds. The van der Waals surface area contributed by atoms with Crippen LogP contribution in [-0.4, -0.2) is 49.6 Å². The van der Waals surface area contributed by atoms with E-state index in [-0.39, 0.29) is 42.6 Å². The van der Waals surface area contributed by atoms with Gasteiger partial charge in [-0.1, -0.05) is 13.8 Å². The molecule has 1 heterocycles. The van der Waals surface area contributed by atoms with Crippen molar-refractivity contribution in [1.82, 2.24) is 9.62 Å². The van der Waals surface area contributed by atoms with Crippen LogP contribution in [0.5, 0.6) is 0 Å². The molecular weight excluding hydrogens is 302 g/mol. The maximum Gasteiger partial charge on any atom is 0.221 e. The molecule has 0 aliphatic carbocycles. The van der Waals surface area contributed by atoms with Crippen LogP contribution < -0.4 is 11.1 Å². The second-order valence-corrected chi connectivity index (χ2v) is 7.15. The van der Waals surface area contributed by atoms with E-state index in [1.54, 1.807) is 0 Å². The molecule has 0 unspecified atom stereocenters. The quantitative estimate of drug-likeness (QED) is 0.711. The first kappa shape index (κ1) is 19.6. The van der Waals surface area contributed by atoms with Gasteiger partial charge in [0.1, 0.15) is 0 Å². The van der Waals surface area contributed by atoms with Gasteiger partial charge in [-0.05, 0) is 19.3 Å². The third kappa shape index (κ3) is 4.87. The maximum absolute atomic E-state index is 11.9. The van der Waals surface area contributed by atoms with E-state index in [1.165, 1.54) is 4.31 Å². The van der Waals surface area contributed by atoms with Crippen molar-refractivity contribution in [2.45, 2.75) is 45.1 Å². The van der Waals surface area contributed by atoms with E-state index >= 15 is 0 Å². The molecule has 6 nitrogen and oxygen atoms in total. The van der Waals surface area contributed by atoms with Gasteiger partial charge < -0.3 is 11.1 Å². The fraction of sp³-hybridized carbons (Fsp3) is 0.917. The first-order valence-electron chi connectivity index (χ1n) is 6.88. The molecule has 3 N–H and O–H groups in total. The number of nitrogens with zero attached hydrogens (tertiary/aromatic N) is 1. The number of nitrogens with one attached hydrogen (secondary N) is 1. The van der Waals surface area contributed by atoms with Crippen molar-refractivity contribution in [3.63, 3.8) is 0 Å². The highest BCUT2D eigenvalue weighted by molar-refractivity contribution is 7.89. The van der Waals surface area contributed by atoms with E-state index in [4.69, 9.17) is 5.73 Å². The number of halogens is 1. The molecule has 20 heavy (non-hydrogen) atoms. The van der Waals surface area contributed by atoms with Crippen molar-refractivity contribution in [2.24, 2.45) is 5.73 Å². The van der Waals surface area contributed by atoms with Gasteiger partial charge in [0.15, 0.2) is 0 Å². The Hall–Kier alpha value is -0.370. The summed E-state index contributed by atoms with van der Waals surface area (Å²) in [5.41, 5.74) is 5.36. The molecule has 1 aliphatic rings. The highest BCUT2D eigenvalue weighted by atomic mass is 35.5. The lowest BCUT2D eigenvalue weighted by atomic mass is 9.93. The Balaban J connectivity index is 0.00000361. The Kier molecular flexibility index (Phi) is 8.01. The highest BCUT2D eigenvalue weighted by Crippen LogP contribution is 2.15. The summed E-state index contributed by atoms with van der Waals surface area (Å²) in [6, 6.07) is 0. The number of nitrogens with two attached hydrogens (primary N) is 1. The van der Waals surface area contributed by atoms with Crippen molar-refractivity contribution in [2.75, 3.05) is 25.4 Å². The molecular formula is C12H26ClN3O3S. The SMILES string of the molecule is CCC(CC)(CN)NC(=O)CCN1CCCS1(=O)=O.Cl. The number of carbonyl (C=O) groups excluding carboxylic acids is 1. The van der Waals surface area contributed by atoms with Crippen LogP contribution in [0, 0.1) is 0 Å². The van der Waals surface area contributed by atoms with E-state index in [9.17, 15) is 13.2 Å². The molecule has 1 rings (SSSR count). The molecule has 1 aliphatic heterocycles. The number of rotatable bonds is 7. The molecule has 0 radical (unpaired) electrons. The highest BCUT2D eigenvalue weighted by Gasteiger charge is 2.30. The van der Waals surface area contributed by atoms with Crippen molar-refractivity contribution in [3.05, 3.63) is 0 Å². The first-order chi connectivity index (χ1) is 8.89. The van der Waals surface area contributed by atoms with E-state index in [0.29, 0.717) is 19.5 Å². The Morgan fingerprint density at radius 1 is 1.35 bits per heavy atom. The van der Waals surface area contributed by atoms with E-state index in [1.807, 2.05) is 13.8 Å². The fourth-order valence-electron chi connectivity index (χ4n) is 2.29. The van der Waals surface area contributed by atoms with Crippen LogP contribution in [-0.2, 0) is 14.8 Å². The smallest absolute Gasteiger partial charge is 0.221 e. The fourth-order valence-corrected chi connectivity index (χ4v) is 3.82. The molecule has 8 heteroatoms. The predicted molar refractivity (Wildman–Crippen MR) is 82.4 cm³/mol. The topological polar surface area (TPSA) is 92.5 Å². The summed E-state index contributed by atoms with van der Waals surface area (Å²) in [7, 11) is -3.11. The van der Waals surface area contributed by atoms with Crippen LogP contribution in [0.1, 0.15) is 39.5 Å². The maximum atomic E-state index is 11.9. The number of carbonyl (C=O) groups is 1. The minimum absolute atomic E-state index is 0. The minimum Gasteiger partial charge on any atom is -0.349 e. The normalized spacial score (nSPS) is 18.6. The summed E-state index contributed by atoms with van der Waals surface area (Å²) in [6.07, 6.45) is 2.39. The van der Waals surface area contributed by atoms with Crippen LogP contribution in [0.3, 0.4) is 0 Å². The summed E-state index contributed by atoms with van der Waals surface area (Å²) in [5.74, 6) is 0.0712. The Labute approximate surface area is 127 Å². The average Bonchev–Trinajstić information content (AvgIpc) is 2.73. The largest absolute Gasteiger partial charge is 0.349 e. The summed E-state index contributed by atoms with van der Waals surface area (Å²) in [5, 5.41) is 2.95. The van der Waals surface area contributed by atoms with Crippen LogP contribution >= 0.6 is 12.4 Å². The lowest BCUT2D eigenvalue weighted by Gasteiger charge is -2.31. The third-order valence-electron chi connectivity index (χ3n) is 3.94. The van der Waals surface area contributed by atoms with E-state index < -0.39 is 10.0 Å². The molecule has 0 atom stereocenters.